The summed E-state index contributed by atoms with van der Waals surface area (Å²) >= 11 is 0. The number of hydrogen-bond donors (Lipinski definition) is 0. The number of hydrogen-bond acceptors (Lipinski definition) is 2. The average Bonchev–Trinajstić information content (AvgIpc) is 2.60. The van der Waals surface area contributed by atoms with E-state index in [0.717, 1.165) is 24.5 Å². The van der Waals surface area contributed by atoms with Crippen LogP contribution < -0.4 is 0 Å². The average molecular weight is 378 g/mol. The summed E-state index contributed by atoms with van der Waals surface area (Å²) in [6.45, 7) is 15.6. The van der Waals surface area contributed by atoms with Crippen LogP contribution in [0.5, 0.6) is 0 Å². The van der Waals surface area contributed by atoms with E-state index in [1.54, 1.807) is 0 Å². The molecular weight excluding hydrogens is 330 g/mol. The van der Waals surface area contributed by atoms with Crippen LogP contribution in [-0.4, -0.2) is 36.7 Å². The molecule has 1 saturated heterocycles. The maximum atomic E-state index is 6.39. The molecule has 2 nitrogen and oxygen atoms in total. The molecule has 2 heteroatoms. The molecule has 158 valence electrons. The van der Waals surface area contributed by atoms with Gasteiger partial charge in [0.05, 0.1) is 12.7 Å². The van der Waals surface area contributed by atoms with E-state index in [0.29, 0.717) is 16.9 Å². The topological polar surface area (TPSA) is 12.5 Å². The van der Waals surface area contributed by atoms with Gasteiger partial charge < -0.3 is 4.74 Å². The zero-order chi connectivity index (χ0) is 19.5. The quantitative estimate of drug-likeness (QED) is 0.512. The molecule has 0 aromatic rings. The van der Waals surface area contributed by atoms with E-state index in [4.69, 9.17) is 4.74 Å². The summed E-state index contributed by atoms with van der Waals surface area (Å²) in [4.78, 5) is 2.78. The van der Waals surface area contributed by atoms with E-state index in [9.17, 15) is 0 Å². The third-order valence-corrected chi connectivity index (χ3v) is 7.86. The fraction of sp³-hybridized carbons (Fsp3) is 1.00. The molecule has 3 aliphatic rings. The first-order valence-corrected chi connectivity index (χ1v) is 12.1. The molecule has 1 aliphatic heterocycles. The highest BCUT2D eigenvalue weighted by atomic mass is 16.5. The first-order chi connectivity index (χ1) is 12.7. The lowest BCUT2D eigenvalue weighted by molar-refractivity contribution is -0.0269. The first-order valence-electron chi connectivity index (χ1n) is 12.1. The standard InChI is InChI=1S/C25H47NO/c1-24(2,3)19-25(4,5)21-12-14-22(15-13-21)27-18-17-26-16-8-10-20-9-6-7-11-23(20)26/h20-23H,6-19H2,1-5H3. The molecule has 2 atom stereocenters. The van der Waals surface area contributed by atoms with Gasteiger partial charge in [-0.25, -0.2) is 0 Å². The molecule has 2 unspecified atom stereocenters. The summed E-state index contributed by atoms with van der Waals surface area (Å²) in [6.07, 6.45) is 15.9. The number of ether oxygens (including phenoxy) is 1. The zero-order valence-corrected chi connectivity index (χ0v) is 19.1. The van der Waals surface area contributed by atoms with Gasteiger partial charge in [-0.3, -0.25) is 4.90 Å². The van der Waals surface area contributed by atoms with Crippen molar-refractivity contribution in [1.29, 1.82) is 0 Å². The van der Waals surface area contributed by atoms with Gasteiger partial charge >= 0.3 is 0 Å². The van der Waals surface area contributed by atoms with Crippen LogP contribution in [0.1, 0.15) is 105 Å². The van der Waals surface area contributed by atoms with Crippen LogP contribution in [0.15, 0.2) is 0 Å². The van der Waals surface area contributed by atoms with Gasteiger partial charge in [-0.05, 0) is 87.0 Å². The van der Waals surface area contributed by atoms with Crippen LogP contribution in [-0.2, 0) is 4.74 Å². The van der Waals surface area contributed by atoms with Gasteiger partial charge in [-0.2, -0.15) is 0 Å². The molecule has 3 fully saturated rings. The summed E-state index contributed by atoms with van der Waals surface area (Å²) in [6, 6.07) is 0.880. The molecule has 0 amide bonds. The number of fused-ring (bicyclic) bond motifs is 1. The molecule has 0 aromatic heterocycles. The third-order valence-electron chi connectivity index (χ3n) is 7.86. The van der Waals surface area contributed by atoms with Crippen molar-refractivity contribution < 1.29 is 4.74 Å². The fourth-order valence-corrected chi connectivity index (χ4v) is 6.86. The molecular formula is C25H47NO. The summed E-state index contributed by atoms with van der Waals surface area (Å²) in [5, 5.41) is 0. The van der Waals surface area contributed by atoms with Gasteiger partial charge in [0.1, 0.15) is 0 Å². The monoisotopic (exact) mass is 377 g/mol. The van der Waals surface area contributed by atoms with Crippen molar-refractivity contribution in [3.63, 3.8) is 0 Å². The lowest BCUT2D eigenvalue weighted by atomic mass is 9.64. The maximum Gasteiger partial charge on any atom is 0.0597 e. The zero-order valence-electron chi connectivity index (χ0n) is 19.1. The highest BCUT2D eigenvalue weighted by Crippen LogP contribution is 2.45. The molecule has 3 rings (SSSR count). The second-order valence-electron chi connectivity index (χ2n) is 11.9. The summed E-state index contributed by atoms with van der Waals surface area (Å²) in [5.41, 5.74) is 0.898. The summed E-state index contributed by atoms with van der Waals surface area (Å²) < 4.78 is 6.39. The van der Waals surface area contributed by atoms with Crippen molar-refractivity contribution in [2.75, 3.05) is 19.7 Å². The Kier molecular flexibility index (Phi) is 7.34. The van der Waals surface area contributed by atoms with E-state index in [1.807, 2.05) is 0 Å². The highest BCUT2D eigenvalue weighted by molar-refractivity contribution is 4.88. The second-order valence-corrected chi connectivity index (χ2v) is 11.9. The Bertz CT molecular complexity index is 442. The predicted octanol–water partition coefficient (Wildman–Crippen LogP) is 6.68. The van der Waals surface area contributed by atoms with Crippen molar-refractivity contribution >= 4 is 0 Å². The lowest BCUT2D eigenvalue weighted by Gasteiger charge is -2.44. The first kappa shape index (κ1) is 21.6. The fourth-order valence-electron chi connectivity index (χ4n) is 6.86. The lowest BCUT2D eigenvalue weighted by Crippen LogP contribution is -2.48. The molecule has 0 aromatic carbocycles. The molecule has 2 aliphatic carbocycles. The largest absolute Gasteiger partial charge is 0.377 e. The van der Waals surface area contributed by atoms with Crippen molar-refractivity contribution in [1.82, 2.24) is 4.90 Å². The van der Waals surface area contributed by atoms with Gasteiger partial charge in [-0.1, -0.05) is 47.5 Å². The Labute approximate surface area is 169 Å². The molecule has 1 heterocycles. The second kappa shape index (κ2) is 9.16. The summed E-state index contributed by atoms with van der Waals surface area (Å²) in [5.74, 6) is 1.87. The number of rotatable bonds is 6. The highest BCUT2D eigenvalue weighted by Gasteiger charge is 2.36. The molecule has 2 saturated carbocycles. The van der Waals surface area contributed by atoms with E-state index < -0.39 is 0 Å². The van der Waals surface area contributed by atoms with Crippen molar-refractivity contribution in [2.45, 2.75) is 117 Å². The van der Waals surface area contributed by atoms with Crippen LogP contribution in [0.25, 0.3) is 0 Å². The van der Waals surface area contributed by atoms with Crippen LogP contribution in [0, 0.1) is 22.7 Å². The van der Waals surface area contributed by atoms with Crippen molar-refractivity contribution in [3.05, 3.63) is 0 Å². The predicted molar refractivity (Wildman–Crippen MR) is 116 cm³/mol. The van der Waals surface area contributed by atoms with E-state index in [2.05, 4.69) is 39.5 Å². The third kappa shape index (κ3) is 6.20. The van der Waals surface area contributed by atoms with Crippen LogP contribution in [0.2, 0.25) is 0 Å². The number of nitrogens with zero attached hydrogens (tertiary/aromatic N) is 1. The van der Waals surface area contributed by atoms with Crippen LogP contribution in [0.3, 0.4) is 0 Å². The van der Waals surface area contributed by atoms with Crippen molar-refractivity contribution in [3.8, 4) is 0 Å². The Morgan fingerprint density at radius 3 is 2.19 bits per heavy atom. The van der Waals surface area contributed by atoms with Gasteiger partial charge in [0.2, 0.25) is 0 Å². The maximum absolute atomic E-state index is 6.39. The van der Waals surface area contributed by atoms with Crippen LogP contribution in [0.4, 0.5) is 0 Å². The van der Waals surface area contributed by atoms with Gasteiger partial charge in [-0.15, -0.1) is 0 Å². The Balaban J connectivity index is 1.37. The number of likely N-dealkylation sites (tertiary alicyclic amines) is 1. The Morgan fingerprint density at radius 2 is 1.48 bits per heavy atom. The smallest absolute Gasteiger partial charge is 0.0597 e. The molecule has 0 bridgehead atoms. The normalized spacial score (nSPS) is 33.7. The minimum atomic E-state index is 0.433. The van der Waals surface area contributed by atoms with Crippen LogP contribution >= 0.6 is 0 Å². The van der Waals surface area contributed by atoms with E-state index in [-0.39, 0.29) is 0 Å². The van der Waals surface area contributed by atoms with Crippen molar-refractivity contribution in [2.24, 2.45) is 22.7 Å². The minimum Gasteiger partial charge on any atom is -0.377 e. The number of piperidine rings is 1. The molecule has 0 radical (unpaired) electrons. The minimum absolute atomic E-state index is 0.433. The Morgan fingerprint density at radius 1 is 0.815 bits per heavy atom. The molecule has 0 spiro atoms. The molecule has 0 N–H and O–H groups in total. The van der Waals surface area contributed by atoms with Gasteiger partial charge in [0.25, 0.3) is 0 Å². The van der Waals surface area contributed by atoms with Gasteiger partial charge in [0.15, 0.2) is 0 Å². The molecule has 27 heavy (non-hydrogen) atoms. The summed E-state index contributed by atoms with van der Waals surface area (Å²) in [7, 11) is 0. The Hall–Kier alpha value is -0.0800. The SMILES string of the molecule is CC(C)(C)CC(C)(C)C1CCC(OCCN2CCCC3CCCCC32)CC1. The van der Waals surface area contributed by atoms with E-state index in [1.165, 1.54) is 83.7 Å². The van der Waals surface area contributed by atoms with E-state index >= 15 is 0 Å². The van der Waals surface area contributed by atoms with Gasteiger partial charge in [0, 0.05) is 12.6 Å².